The first-order valence-corrected chi connectivity index (χ1v) is 5.51. The summed E-state index contributed by atoms with van der Waals surface area (Å²) in [7, 11) is 0. The van der Waals surface area contributed by atoms with Crippen molar-refractivity contribution >= 4 is 0 Å². The standard InChI is InChI=1S/C13H23N/c1-7-13(5,6)14-11-9-12(3,4)8-10(11)2/h1,10-11,14H,8-9H2,2-6H3. The van der Waals surface area contributed by atoms with Crippen LogP contribution in [-0.4, -0.2) is 11.6 Å². The van der Waals surface area contributed by atoms with Crippen LogP contribution in [0.15, 0.2) is 0 Å². The van der Waals surface area contributed by atoms with Gasteiger partial charge in [0.15, 0.2) is 0 Å². The fourth-order valence-electron chi connectivity index (χ4n) is 2.59. The predicted molar refractivity (Wildman–Crippen MR) is 62.0 cm³/mol. The van der Waals surface area contributed by atoms with Crippen LogP contribution < -0.4 is 5.32 Å². The maximum atomic E-state index is 5.48. The average molecular weight is 193 g/mol. The summed E-state index contributed by atoms with van der Waals surface area (Å²) in [6.45, 7) is 11.2. The van der Waals surface area contributed by atoms with E-state index in [9.17, 15) is 0 Å². The van der Waals surface area contributed by atoms with Crippen molar-refractivity contribution in [2.45, 2.75) is 59.0 Å². The third kappa shape index (κ3) is 2.75. The van der Waals surface area contributed by atoms with E-state index >= 15 is 0 Å². The van der Waals surface area contributed by atoms with E-state index in [-0.39, 0.29) is 5.54 Å². The van der Waals surface area contributed by atoms with Crippen LogP contribution in [0.5, 0.6) is 0 Å². The van der Waals surface area contributed by atoms with E-state index < -0.39 is 0 Å². The molecule has 80 valence electrons. The van der Waals surface area contributed by atoms with Crippen molar-refractivity contribution in [3.05, 3.63) is 0 Å². The summed E-state index contributed by atoms with van der Waals surface area (Å²) in [4.78, 5) is 0. The van der Waals surface area contributed by atoms with Crippen molar-refractivity contribution in [1.29, 1.82) is 0 Å². The maximum Gasteiger partial charge on any atom is 0.0743 e. The van der Waals surface area contributed by atoms with Crippen LogP contribution in [-0.2, 0) is 0 Å². The highest BCUT2D eigenvalue weighted by molar-refractivity contribution is 5.09. The highest BCUT2D eigenvalue weighted by Gasteiger charge is 2.38. The second-order valence-electron chi connectivity index (χ2n) is 6.07. The van der Waals surface area contributed by atoms with Gasteiger partial charge in [-0.05, 0) is 38.0 Å². The molecule has 0 heterocycles. The topological polar surface area (TPSA) is 12.0 Å². The van der Waals surface area contributed by atoms with Crippen LogP contribution in [0.3, 0.4) is 0 Å². The van der Waals surface area contributed by atoms with Crippen LogP contribution in [0.25, 0.3) is 0 Å². The maximum absolute atomic E-state index is 5.48. The summed E-state index contributed by atoms with van der Waals surface area (Å²) < 4.78 is 0. The van der Waals surface area contributed by atoms with Crippen LogP contribution in [0.2, 0.25) is 0 Å². The molecule has 0 aromatic rings. The molecular weight excluding hydrogens is 170 g/mol. The zero-order valence-corrected chi connectivity index (χ0v) is 10.1. The Morgan fingerprint density at radius 2 is 1.93 bits per heavy atom. The lowest BCUT2D eigenvalue weighted by molar-refractivity contribution is 0.339. The van der Waals surface area contributed by atoms with Gasteiger partial charge in [0.1, 0.15) is 0 Å². The first-order chi connectivity index (χ1) is 6.26. The molecule has 1 rings (SSSR count). The fourth-order valence-corrected chi connectivity index (χ4v) is 2.59. The molecule has 0 bridgehead atoms. The summed E-state index contributed by atoms with van der Waals surface area (Å²) in [6, 6.07) is 0.580. The van der Waals surface area contributed by atoms with E-state index in [4.69, 9.17) is 6.42 Å². The van der Waals surface area contributed by atoms with Gasteiger partial charge in [0.05, 0.1) is 5.54 Å². The molecule has 14 heavy (non-hydrogen) atoms. The van der Waals surface area contributed by atoms with Crippen LogP contribution >= 0.6 is 0 Å². The summed E-state index contributed by atoms with van der Waals surface area (Å²) in [5.41, 5.74) is 0.307. The number of hydrogen-bond acceptors (Lipinski definition) is 1. The van der Waals surface area contributed by atoms with Gasteiger partial charge >= 0.3 is 0 Å². The lowest BCUT2D eigenvalue weighted by atomic mass is 9.91. The van der Waals surface area contributed by atoms with E-state index in [1.54, 1.807) is 0 Å². The van der Waals surface area contributed by atoms with E-state index in [0.717, 1.165) is 5.92 Å². The molecule has 0 radical (unpaired) electrons. The molecule has 0 aromatic heterocycles. The smallest absolute Gasteiger partial charge is 0.0743 e. The molecule has 1 N–H and O–H groups in total. The molecule has 1 heteroatoms. The van der Waals surface area contributed by atoms with E-state index in [0.29, 0.717) is 11.5 Å². The quantitative estimate of drug-likeness (QED) is 0.665. The van der Waals surface area contributed by atoms with Gasteiger partial charge in [-0.15, -0.1) is 6.42 Å². The number of rotatable bonds is 2. The van der Waals surface area contributed by atoms with Crippen LogP contribution in [0.1, 0.15) is 47.5 Å². The normalized spacial score (nSPS) is 31.4. The molecule has 1 aliphatic carbocycles. The highest BCUT2D eigenvalue weighted by Crippen LogP contribution is 2.41. The number of nitrogens with one attached hydrogen (secondary N) is 1. The number of hydrogen-bond donors (Lipinski definition) is 1. The van der Waals surface area contributed by atoms with Gasteiger partial charge in [-0.25, -0.2) is 0 Å². The molecule has 0 saturated heterocycles. The Labute approximate surface area is 88.7 Å². The van der Waals surface area contributed by atoms with Gasteiger partial charge < -0.3 is 0 Å². The fraction of sp³-hybridized carbons (Fsp3) is 0.846. The molecule has 1 fully saturated rings. The molecule has 0 aromatic carbocycles. The van der Waals surface area contributed by atoms with Gasteiger partial charge in [0.2, 0.25) is 0 Å². The van der Waals surface area contributed by atoms with E-state index in [1.807, 2.05) is 0 Å². The molecule has 1 aliphatic rings. The summed E-state index contributed by atoms with van der Waals surface area (Å²) in [5.74, 6) is 3.54. The lowest BCUT2D eigenvalue weighted by Gasteiger charge is -2.28. The minimum absolute atomic E-state index is 0.167. The van der Waals surface area contributed by atoms with E-state index in [2.05, 4.69) is 45.9 Å². The molecule has 1 nitrogen and oxygen atoms in total. The van der Waals surface area contributed by atoms with Gasteiger partial charge in [-0.2, -0.15) is 0 Å². The average Bonchev–Trinajstić information content (AvgIpc) is 2.24. The van der Waals surface area contributed by atoms with Crippen molar-refractivity contribution in [3.63, 3.8) is 0 Å². The predicted octanol–water partition coefficient (Wildman–Crippen LogP) is 2.81. The minimum atomic E-state index is -0.167. The van der Waals surface area contributed by atoms with Gasteiger partial charge in [0, 0.05) is 6.04 Å². The highest BCUT2D eigenvalue weighted by atomic mass is 15.0. The van der Waals surface area contributed by atoms with Crippen molar-refractivity contribution < 1.29 is 0 Å². The summed E-state index contributed by atoms with van der Waals surface area (Å²) >= 11 is 0. The Hall–Kier alpha value is -0.480. The largest absolute Gasteiger partial charge is 0.299 e. The van der Waals surface area contributed by atoms with Crippen molar-refractivity contribution in [1.82, 2.24) is 5.32 Å². The number of terminal acetylenes is 1. The zero-order valence-electron chi connectivity index (χ0n) is 10.1. The Kier molecular flexibility index (Phi) is 2.97. The molecule has 1 saturated carbocycles. The Balaban J connectivity index is 2.61. The van der Waals surface area contributed by atoms with Crippen LogP contribution in [0.4, 0.5) is 0 Å². The first kappa shape index (κ1) is 11.6. The summed E-state index contributed by atoms with van der Waals surface area (Å²) in [6.07, 6.45) is 8.02. The monoisotopic (exact) mass is 193 g/mol. The Bertz CT molecular complexity index is 244. The van der Waals surface area contributed by atoms with Gasteiger partial charge in [-0.3, -0.25) is 5.32 Å². The molecule has 2 unspecified atom stereocenters. The minimum Gasteiger partial charge on any atom is -0.299 e. The van der Waals surface area contributed by atoms with Crippen molar-refractivity contribution in [2.75, 3.05) is 0 Å². The van der Waals surface area contributed by atoms with Crippen molar-refractivity contribution in [3.8, 4) is 12.3 Å². The molecule has 2 atom stereocenters. The third-order valence-corrected chi connectivity index (χ3v) is 3.24. The second kappa shape index (κ2) is 3.59. The first-order valence-electron chi connectivity index (χ1n) is 5.51. The molecule has 0 spiro atoms. The molecule has 0 aliphatic heterocycles. The SMILES string of the molecule is C#CC(C)(C)NC1CC(C)(C)CC1C. The zero-order chi connectivity index (χ0) is 11.0. The summed E-state index contributed by atoms with van der Waals surface area (Å²) in [5, 5.41) is 3.57. The third-order valence-electron chi connectivity index (χ3n) is 3.24. The van der Waals surface area contributed by atoms with E-state index in [1.165, 1.54) is 12.8 Å². The van der Waals surface area contributed by atoms with Gasteiger partial charge in [-0.1, -0.05) is 26.7 Å². The van der Waals surface area contributed by atoms with Crippen molar-refractivity contribution in [2.24, 2.45) is 11.3 Å². The Morgan fingerprint density at radius 3 is 2.29 bits per heavy atom. The van der Waals surface area contributed by atoms with Crippen LogP contribution in [0, 0.1) is 23.7 Å². The lowest BCUT2D eigenvalue weighted by Crippen LogP contribution is -2.46. The Morgan fingerprint density at radius 1 is 1.36 bits per heavy atom. The molecular formula is C13H23N. The van der Waals surface area contributed by atoms with Gasteiger partial charge in [0.25, 0.3) is 0 Å². The second-order valence-corrected chi connectivity index (χ2v) is 6.07. The molecule has 0 amide bonds.